The van der Waals surface area contributed by atoms with Crippen LogP contribution < -0.4 is 16.4 Å². The third-order valence-electron chi connectivity index (χ3n) is 4.64. The van der Waals surface area contributed by atoms with Gasteiger partial charge in [0.15, 0.2) is 5.58 Å². The summed E-state index contributed by atoms with van der Waals surface area (Å²) in [6.45, 7) is 5.52. The van der Waals surface area contributed by atoms with Gasteiger partial charge in [0, 0.05) is 32.0 Å². The van der Waals surface area contributed by atoms with Gasteiger partial charge in [-0.3, -0.25) is 9.36 Å². The molecule has 1 aliphatic heterocycles. The van der Waals surface area contributed by atoms with Gasteiger partial charge in [-0.2, -0.15) is 0 Å². The number of fused-ring (bicyclic) bond motifs is 1. The highest BCUT2D eigenvalue weighted by atomic mass is 16.5. The fourth-order valence-corrected chi connectivity index (χ4v) is 3.11. The highest BCUT2D eigenvalue weighted by Gasteiger charge is 2.26. The maximum absolute atomic E-state index is 12.8. The van der Waals surface area contributed by atoms with Gasteiger partial charge in [-0.1, -0.05) is 13.8 Å². The van der Waals surface area contributed by atoms with Crippen LogP contribution in [0.4, 0.5) is 5.69 Å². The number of rotatable bonds is 5. The Hall–Kier alpha value is -2.12. The normalized spacial score (nSPS) is 17.1. The quantitative estimate of drug-likeness (QED) is 0.862. The molecule has 7 nitrogen and oxygen atoms in total. The lowest BCUT2D eigenvalue weighted by molar-refractivity contribution is -0.119. The van der Waals surface area contributed by atoms with E-state index in [4.69, 9.17) is 9.15 Å². The van der Waals surface area contributed by atoms with Crippen LogP contribution in [-0.4, -0.2) is 35.8 Å². The molecule has 1 unspecified atom stereocenters. The van der Waals surface area contributed by atoms with Crippen molar-refractivity contribution in [2.45, 2.75) is 38.8 Å². The van der Waals surface area contributed by atoms with Gasteiger partial charge >= 0.3 is 5.76 Å². The molecule has 2 heterocycles. The van der Waals surface area contributed by atoms with Crippen LogP contribution in [0.3, 0.4) is 0 Å². The number of benzene rings is 1. The number of amides is 1. The molecule has 1 fully saturated rings. The van der Waals surface area contributed by atoms with Gasteiger partial charge in [-0.25, -0.2) is 4.79 Å². The predicted molar refractivity (Wildman–Crippen MR) is 95.7 cm³/mol. The number of anilines is 1. The number of hydrogen-bond donors (Lipinski definition) is 2. The van der Waals surface area contributed by atoms with E-state index in [-0.39, 0.29) is 17.9 Å². The first-order valence-corrected chi connectivity index (χ1v) is 8.70. The number of aryl methyl sites for hydroxylation is 1. The van der Waals surface area contributed by atoms with Crippen molar-refractivity contribution in [2.24, 2.45) is 13.0 Å². The number of carbonyl (C=O) groups is 1. The third kappa shape index (κ3) is 3.93. The number of oxazole rings is 1. The van der Waals surface area contributed by atoms with E-state index < -0.39 is 5.76 Å². The molecule has 0 saturated carbocycles. The Bertz CT molecular complexity index is 802. The molecule has 0 aliphatic carbocycles. The highest BCUT2D eigenvalue weighted by Crippen LogP contribution is 2.19. The summed E-state index contributed by atoms with van der Waals surface area (Å²) < 4.78 is 11.9. The molecule has 25 heavy (non-hydrogen) atoms. The molecule has 2 aromatic rings. The average molecular weight is 347 g/mol. The van der Waals surface area contributed by atoms with Crippen molar-refractivity contribution < 1.29 is 13.9 Å². The molecule has 1 aliphatic rings. The summed E-state index contributed by atoms with van der Waals surface area (Å²) in [6.07, 6.45) is 1.83. The van der Waals surface area contributed by atoms with Crippen LogP contribution in [0, 0.1) is 5.92 Å². The minimum Gasteiger partial charge on any atom is -0.408 e. The summed E-state index contributed by atoms with van der Waals surface area (Å²) in [4.78, 5) is 24.3. The first kappa shape index (κ1) is 17.7. The molecule has 3 rings (SSSR count). The lowest BCUT2D eigenvalue weighted by Gasteiger charge is -2.30. The van der Waals surface area contributed by atoms with E-state index in [1.807, 2.05) is 13.8 Å². The molecule has 0 spiro atoms. The Kier molecular flexibility index (Phi) is 5.24. The van der Waals surface area contributed by atoms with Crippen LogP contribution >= 0.6 is 0 Å². The minimum absolute atomic E-state index is 0.0747. The van der Waals surface area contributed by atoms with E-state index in [1.165, 1.54) is 4.57 Å². The van der Waals surface area contributed by atoms with Crippen molar-refractivity contribution in [3.05, 3.63) is 28.7 Å². The van der Waals surface area contributed by atoms with Gasteiger partial charge in [0.05, 0.1) is 11.6 Å². The van der Waals surface area contributed by atoms with Crippen LogP contribution in [-0.2, 0) is 16.6 Å². The Balaban J connectivity index is 1.74. The molecular weight excluding hydrogens is 322 g/mol. The highest BCUT2D eigenvalue weighted by molar-refractivity contribution is 5.96. The zero-order valence-electron chi connectivity index (χ0n) is 14.9. The van der Waals surface area contributed by atoms with Gasteiger partial charge in [0.1, 0.15) is 0 Å². The summed E-state index contributed by atoms with van der Waals surface area (Å²) in [5.74, 6) is -0.334. The fourth-order valence-electron chi connectivity index (χ4n) is 3.11. The summed E-state index contributed by atoms with van der Waals surface area (Å²) in [7, 11) is 1.64. The third-order valence-corrected chi connectivity index (χ3v) is 4.64. The Morgan fingerprint density at radius 3 is 2.68 bits per heavy atom. The van der Waals surface area contributed by atoms with Crippen LogP contribution in [0.1, 0.15) is 26.7 Å². The zero-order valence-corrected chi connectivity index (χ0v) is 14.9. The Morgan fingerprint density at radius 2 is 2.00 bits per heavy atom. The largest absolute Gasteiger partial charge is 0.419 e. The number of nitrogens with one attached hydrogen (secondary N) is 2. The first-order valence-electron chi connectivity index (χ1n) is 8.70. The summed E-state index contributed by atoms with van der Waals surface area (Å²) >= 11 is 0. The lowest BCUT2D eigenvalue weighted by atomic mass is 10.00. The Morgan fingerprint density at radius 1 is 1.28 bits per heavy atom. The maximum Gasteiger partial charge on any atom is 0.419 e. The molecule has 1 aromatic heterocycles. The van der Waals surface area contributed by atoms with E-state index >= 15 is 0 Å². The summed E-state index contributed by atoms with van der Waals surface area (Å²) in [5.41, 5.74) is 1.81. The van der Waals surface area contributed by atoms with E-state index in [0.29, 0.717) is 22.8 Å². The number of ether oxygens (including phenoxy) is 1. The van der Waals surface area contributed by atoms with Gasteiger partial charge < -0.3 is 19.8 Å². The number of carbonyl (C=O) groups excluding carboxylic acids is 1. The summed E-state index contributed by atoms with van der Waals surface area (Å²) in [6, 6.07) is 5.21. The molecule has 136 valence electrons. The van der Waals surface area contributed by atoms with E-state index in [1.54, 1.807) is 25.2 Å². The topological polar surface area (TPSA) is 85.5 Å². The second kappa shape index (κ2) is 7.41. The van der Waals surface area contributed by atoms with E-state index in [9.17, 15) is 9.59 Å². The molecule has 0 radical (unpaired) electrons. The molecule has 2 N–H and O–H groups in total. The number of hydrogen-bond acceptors (Lipinski definition) is 5. The first-order chi connectivity index (χ1) is 12.0. The molecule has 1 amide bonds. The molecule has 1 saturated heterocycles. The average Bonchev–Trinajstić information content (AvgIpc) is 2.88. The van der Waals surface area contributed by atoms with Crippen LogP contribution in [0.15, 0.2) is 27.4 Å². The van der Waals surface area contributed by atoms with Gasteiger partial charge in [-0.05, 0) is 37.0 Å². The van der Waals surface area contributed by atoms with Crippen LogP contribution in [0.25, 0.3) is 11.1 Å². The standard InChI is InChI=1S/C18H25N3O4/c1-11(2)16(19-12-6-8-24-9-7-12)17(22)20-13-4-5-15-14(10-13)21(3)18(23)25-15/h4-5,10-12,16,19H,6-9H2,1-3H3,(H,20,22). The van der Waals surface area contributed by atoms with Crippen molar-refractivity contribution >= 4 is 22.7 Å². The molecular formula is C18H25N3O4. The summed E-state index contributed by atoms with van der Waals surface area (Å²) in [5, 5.41) is 6.41. The van der Waals surface area contributed by atoms with Gasteiger partial charge in [0.2, 0.25) is 5.91 Å². The zero-order chi connectivity index (χ0) is 18.0. The van der Waals surface area contributed by atoms with Crippen LogP contribution in [0.5, 0.6) is 0 Å². The molecule has 7 heteroatoms. The lowest BCUT2D eigenvalue weighted by Crippen LogP contribution is -2.50. The van der Waals surface area contributed by atoms with Crippen molar-refractivity contribution in [3.63, 3.8) is 0 Å². The molecule has 1 atom stereocenters. The molecule has 0 bridgehead atoms. The number of nitrogens with zero attached hydrogens (tertiary/aromatic N) is 1. The molecule has 1 aromatic carbocycles. The smallest absolute Gasteiger partial charge is 0.408 e. The minimum atomic E-state index is -0.417. The van der Waals surface area contributed by atoms with Gasteiger partial charge in [-0.15, -0.1) is 0 Å². The predicted octanol–water partition coefficient (Wildman–Crippen LogP) is 1.86. The van der Waals surface area contributed by atoms with Gasteiger partial charge in [0.25, 0.3) is 0 Å². The van der Waals surface area contributed by atoms with Crippen molar-refractivity contribution in [1.29, 1.82) is 0 Å². The second-order valence-electron chi connectivity index (χ2n) is 6.87. The SMILES string of the molecule is CC(C)C(NC1CCOCC1)C(=O)Nc1ccc2oc(=O)n(C)c2c1. The van der Waals surface area contributed by atoms with Crippen molar-refractivity contribution in [1.82, 2.24) is 9.88 Å². The maximum atomic E-state index is 12.8. The Labute approximate surface area is 146 Å². The van der Waals surface area contributed by atoms with Crippen LogP contribution in [0.2, 0.25) is 0 Å². The monoisotopic (exact) mass is 347 g/mol. The van der Waals surface area contributed by atoms with Crippen molar-refractivity contribution in [3.8, 4) is 0 Å². The number of aromatic nitrogens is 1. The van der Waals surface area contributed by atoms with E-state index in [0.717, 1.165) is 26.1 Å². The van der Waals surface area contributed by atoms with Crippen molar-refractivity contribution in [2.75, 3.05) is 18.5 Å². The fraction of sp³-hybridized carbons (Fsp3) is 0.556. The van der Waals surface area contributed by atoms with E-state index in [2.05, 4.69) is 10.6 Å². The second-order valence-corrected chi connectivity index (χ2v) is 6.87.